The summed E-state index contributed by atoms with van der Waals surface area (Å²) in [5, 5.41) is 10.4. The van der Waals surface area contributed by atoms with Gasteiger partial charge in [-0.25, -0.2) is 8.42 Å². The summed E-state index contributed by atoms with van der Waals surface area (Å²) in [7, 11) is -3.87. The Morgan fingerprint density at radius 1 is 0.906 bits per heavy atom. The van der Waals surface area contributed by atoms with Crippen LogP contribution in [0.5, 0.6) is 0 Å². The number of hydrogen-bond acceptors (Lipinski definition) is 7. The maximum absolute atomic E-state index is 12.8. The van der Waals surface area contributed by atoms with Crippen LogP contribution in [-0.2, 0) is 10.0 Å². The lowest BCUT2D eigenvalue weighted by Gasteiger charge is -2.11. The van der Waals surface area contributed by atoms with Crippen molar-refractivity contribution in [3.63, 3.8) is 0 Å². The molecule has 8 nitrogen and oxygen atoms in total. The zero-order valence-electron chi connectivity index (χ0n) is 16.8. The Morgan fingerprint density at radius 2 is 1.59 bits per heavy atom. The molecule has 0 atom stereocenters. The van der Waals surface area contributed by atoms with E-state index in [0.717, 1.165) is 10.5 Å². The van der Waals surface area contributed by atoms with Gasteiger partial charge in [0.05, 0.1) is 21.7 Å². The summed E-state index contributed by atoms with van der Waals surface area (Å²) in [6.07, 6.45) is 1.94. The number of amides is 1. The molecule has 10 heteroatoms. The number of nitrogens with one attached hydrogen (secondary N) is 2. The molecule has 0 radical (unpaired) electrons. The summed E-state index contributed by atoms with van der Waals surface area (Å²) in [5.74, 6) is -0.326. The fourth-order valence-electron chi connectivity index (χ4n) is 2.94. The molecule has 0 saturated heterocycles. The maximum Gasteiger partial charge on any atom is 0.322 e. The highest BCUT2D eigenvalue weighted by atomic mass is 32.2. The van der Waals surface area contributed by atoms with Gasteiger partial charge in [-0.1, -0.05) is 47.6 Å². The molecule has 0 aliphatic rings. The van der Waals surface area contributed by atoms with Crippen LogP contribution in [0.1, 0.15) is 10.4 Å². The standard InChI is InChI=1S/C22H18N4O4S2/c1-31-19-14-8-6-12-17(19)21-24-25-22(30-21)23-20(27)16-11-5-7-13-18(16)26-32(28,29)15-9-3-2-4-10-15/h2-14,26H,1H3,(H,23,25,27). The van der Waals surface area contributed by atoms with E-state index in [9.17, 15) is 13.2 Å². The van der Waals surface area contributed by atoms with E-state index in [0.29, 0.717) is 0 Å². The first-order valence-electron chi connectivity index (χ1n) is 9.43. The lowest BCUT2D eigenvalue weighted by atomic mass is 10.2. The largest absolute Gasteiger partial charge is 0.403 e. The van der Waals surface area contributed by atoms with Gasteiger partial charge in [-0.3, -0.25) is 14.8 Å². The lowest BCUT2D eigenvalue weighted by molar-refractivity contribution is 0.102. The molecule has 1 aromatic heterocycles. The first kappa shape index (κ1) is 21.6. The maximum atomic E-state index is 12.8. The van der Waals surface area contributed by atoms with E-state index in [2.05, 4.69) is 20.2 Å². The van der Waals surface area contributed by atoms with Crippen LogP contribution in [0.4, 0.5) is 11.7 Å². The third-order valence-corrected chi connectivity index (χ3v) is 6.63. The lowest BCUT2D eigenvalue weighted by Crippen LogP contribution is -2.18. The summed E-state index contributed by atoms with van der Waals surface area (Å²) in [5.41, 5.74) is 0.988. The molecule has 0 aliphatic heterocycles. The Kier molecular flexibility index (Phi) is 6.24. The Balaban J connectivity index is 1.56. The summed E-state index contributed by atoms with van der Waals surface area (Å²) in [6, 6.07) is 21.6. The molecule has 0 bridgehead atoms. The second-order valence-corrected chi connectivity index (χ2v) is 9.06. The van der Waals surface area contributed by atoms with Crippen LogP contribution in [0.3, 0.4) is 0 Å². The number of thioether (sulfide) groups is 1. The molecule has 3 aromatic carbocycles. The van der Waals surface area contributed by atoms with Gasteiger partial charge >= 0.3 is 6.01 Å². The molecule has 0 unspecified atom stereocenters. The van der Waals surface area contributed by atoms with Crippen LogP contribution in [0.2, 0.25) is 0 Å². The third kappa shape index (κ3) is 4.66. The minimum Gasteiger partial charge on any atom is -0.403 e. The van der Waals surface area contributed by atoms with Crippen molar-refractivity contribution in [3.05, 3.63) is 84.4 Å². The fourth-order valence-corrected chi connectivity index (χ4v) is 4.63. The summed E-state index contributed by atoms with van der Waals surface area (Å²) in [4.78, 5) is 13.9. The van der Waals surface area contributed by atoms with Crippen LogP contribution in [0.15, 0.2) is 93.1 Å². The van der Waals surface area contributed by atoms with Gasteiger partial charge in [0.25, 0.3) is 21.8 Å². The van der Waals surface area contributed by atoms with Gasteiger partial charge in [-0.2, -0.15) is 0 Å². The van der Waals surface area contributed by atoms with Gasteiger partial charge in [0.2, 0.25) is 0 Å². The number of carbonyl (C=O) groups excluding carboxylic acids is 1. The molecule has 162 valence electrons. The average molecular weight is 467 g/mol. The van der Waals surface area contributed by atoms with E-state index in [1.165, 1.54) is 36.0 Å². The highest BCUT2D eigenvalue weighted by Gasteiger charge is 2.20. The van der Waals surface area contributed by atoms with E-state index in [4.69, 9.17) is 4.42 Å². The van der Waals surface area contributed by atoms with Crippen molar-refractivity contribution in [1.29, 1.82) is 0 Å². The number of nitrogens with zero attached hydrogens (tertiary/aromatic N) is 2. The van der Waals surface area contributed by atoms with Crippen LogP contribution < -0.4 is 10.0 Å². The summed E-state index contributed by atoms with van der Waals surface area (Å²) >= 11 is 1.54. The number of hydrogen-bond donors (Lipinski definition) is 2. The molecule has 1 amide bonds. The van der Waals surface area contributed by atoms with E-state index < -0.39 is 15.9 Å². The van der Waals surface area contributed by atoms with E-state index in [1.807, 2.05) is 30.5 Å². The second-order valence-electron chi connectivity index (χ2n) is 6.53. The fraction of sp³-hybridized carbons (Fsp3) is 0.0455. The van der Waals surface area contributed by atoms with E-state index >= 15 is 0 Å². The van der Waals surface area contributed by atoms with Crippen LogP contribution >= 0.6 is 11.8 Å². The Morgan fingerprint density at radius 3 is 2.38 bits per heavy atom. The quantitative estimate of drug-likeness (QED) is 0.385. The molecule has 0 saturated carbocycles. The topological polar surface area (TPSA) is 114 Å². The number of para-hydroxylation sites is 1. The number of sulfonamides is 1. The zero-order valence-corrected chi connectivity index (χ0v) is 18.5. The molecule has 4 aromatic rings. The predicted molar refractivity (Wildman–Crippen MR) is 123 cm³/mol. The van der Waals surface area contributed by atoms with Crippen molar-refractivity contribution in [2.24, 2.45) is 0 Å². The Labute approximate surface area is 189 Å². The Hall–Kier alpha value is -3.63. The highest BCUT2D eigenvalue weighted by Crippen LogP contribution is 2.30. The predicted octanol–water partition coefficient (Wildman–Crippen LogP) is 4.51. The number of benzene rings is 3. The average Bonchev–Trinajstić information content (AvgIpc) is 3.28. The van der Waals surface area contributed by atoms with Gasteiger partial charge < -0.3 is 4.42 Å². The molecule has 2 N–H and O–H groups in total. The summed E-state index contributed by atoms with van der Waals surface area (Å²) < 4.78 is 33.4. The molecule has 1 heterocycles. The van der Waals surface area contributed by atoms with Crippen molar-refractivity contribution in [2.45, 2.75) is 9.79 Å². The monoisotopic (exact) mass is 466 g/mol. The molecular weight excluding hydrogens is 448 g/mol. The molecule has 0 spiro atoms. The summed E-state index contributed by atoms with van der Waals surface area (Å²) in [6.45, 7) is 0. The third-order valence-electron chi connectivity index (χ3n) is 4.45. The smallest absolute Gasteiger partial charge is 0.322 e. The van der Waals surface area contributed by atoms with Gasteiger partial charge in [-0.05, 0) is 42.7 Å². The van der Waals surface area contributed by atoms with Crippen molar-refractivity contribution in [2.75, 3.05) is 16.3 Å². The molecule has 4 rings (SSSR count). The molecule has 0 aliphatic carbocycles. The van der Waals surface area contributed by atoms with Crippen molar-refractivity contribution < 1.29 is 17.6 Å². The van der Waals surface area contributed by atoms with E-state index in [1.54, 1.807) is 30.3 Å². The van der Waals surface area contributed by atoms with Crippen molar-refractivity contribution in [3.8, 4) is 11.5 Å². The van der Waals surface area contributed by atoms with Crippen LogP contribution in [0, 0.1) is 0 Å². The highest BCUT2D eigenvalue weighted by molar-refractivity contribution is 7.98. The molecular formula is C22H18N4O4S2. The van der Waals surface area contributed by atoms with Gasteiger partial charge in [0, 0.05) is 4.90 Å². The first-order valence-corrected chi connectivity index (χ1v) is 12.1. The van der Waals surface area contributed by atoms with Crippen LogP contribution in [0.25, 0.3) is 11.5 Å². The minimum absolute atomic E-state index is 0.0872. The zero-order chi connectivity index (χ0) is 22.6. The van der Waals surface area contributed by atoms with Crippen molar-refractivity contribution in [1.82, 2.24) is 10.2 Å². The molecule has 32 heavy (non-hydrogen) atoms. The van der Waals surface area contributed by atoms with Gasteiger partial charge in [0.1, 0.15) is 0 Å². The number of aromatic nitrogens is 2. The van der Waals surface area contributed by atoms with Gasteiger partial charge in [0.15, 0.2) is 0 Å². The number of carbonyl (C=O) groups is 1. The second kappa shape index (κ2) is 9.25. The first-order chi connectivity index (χ1) is 15.5. The Bertz CT molecular complexity index is 1360. The van der Waals surface area contributed by atoms with Crippen LogP contribution in [-0.4, -0.2) is 30.8 Å². The number of anilines is 2. The molecule has 0 fully saturated rings. The van der Waals surface area contributed by atoms with Gasteiger partial charge in [-0.15, -0.1) is 16.9 Å². The van der Waals surface area contributed by atoms with Crippen molar-refractivity contribution >= 4 is 39.4 Å². The SMILES string of the molecule is CSc1ccccc1-c1nnc(NC(=O)c2ccccc2NS(=O)(=O)c2ccccc2)o1. The van der Waals surface area contributed by atoms with E-state index in [-0.39, 0.29) is 28.1 Å². The number of rotatable bonds is 7. The minimum atomic E-state index is -3.87. The normalized spacial score (nSPS) is 11.2.